The van der Waals surface area contributed by atoms with E-state index in [9.17, 15) is 35.2 Å². The van der Waals surface area contributed by atoms with Crippen molar-refractivity contribution in [3.8, 4) is 17.2 Å². The van der Waals surface area contributed by atoms with Crippen molar-refractivity contribution in [1.29, 1.82) is 0 Å². The predicted octanol–water partition coefficient (Wildman–Crippen LogP) is 10.6. The number of amides is 1. The summed E-state index contributed by atoms with van der Waals surface area (Å²) in [5.41, 5.74) is 3.46. The van der Waals surface area contributed by atoms with Crippen LogP contribution in [0.4, 0.5) is 16.2 Å². The van der Waals surface area contributed by atoms with Gasteiger partial charge in [0.2, 0.25) is 5.79 Å². The molecule has 5 aromatic carbocycles. The standard InChI is InChI=1S/C53H56N4O12/c1-3-28-66-53-49(55(52(60)65-2)33-38-15-10-14-36-12-4-5-18-43(36)38)32-47(54-67-34-35-20-22-39(23-21-35)56(61)62)45-29-37(13-6-8-26-58)44(19-7-9-27-59)50(51(45)53)46-31-42(24-25-48(46)69-53)68-41-17-11-16-40(30-41)57(63)64/h3-5,10-12,14-18,20-25,29-31,37,44,49-51,58-59H,1,6-9,13,19,26-28,32-34H2,2H3/t37-,44+,49-,50+,51+,53+/m0/s1. The summed E-state index contributed by atoms with van der Waals surface area (Å²) < 4.78 is 26.4. The quantitative estimate of drug-likeness (QED) is 0.0305. The van der Waals surface area contributed by atoms with Crippen molar-refractivity contribution in [2.45, 2.75) is 75.8 Å². The molecular formula is C53H56N4O12. The number of ether oxygens (including phenoxy) is 4. The van der Waals surface area contributed by atoms with Gasteiger partial charge < -0.3 is 34.0 Å². The van der Waals surface area contributed by atoms with E-state index >= 15 is 0 Å². The number of methoxy groups -OCH3 is 1. The van der Waals surface area contributed by atoms with E-state index in [1.165, 1.54) is 31.4 Å². The van der Waals surface area contributed by atoms with Gasteiger partial charge in [-0.15, -0.1) is 6.58 Å². The maximum Gasteiger partial charge on any atom is 0.410 e. The number of hydrogen-bond donors (Lipinski definition) is 2. The molecule has 1 amide bonds. The van der Waals surface area contributed by atoms with Crippen LogP contribution in [0.2, 0.25) is 0 Å². The van der Waals surface area contributed by atoms with Crippen LogP contribution in [0.5, 0.6) is 17.2 Å². The third-order valence-electron chi connectivity index (χ3n) is 13.5. The van der Waals surface area contributed by atoms with E-state index in [0.717, 1.165) is 33.9 Å². The first kappa shape index (κ1) is 48.3. The predicted molar refractivity (Wildman–Crippen MR) is 258 cm³/mol. The summed E-state index contributed by atoms with van der Waals surface area (Å²) in [5, 5.41) is 50.0. The summed E-state index contributed by atoms with van der Waals surface area (Å²) in [6.07, 6.45) is 7.31. The molecule has 16 nitrogen and oxygen atoms in total. The molecule has 6 atom stereocenters. The van der Waals surface area contributed by atoms with E-state index in [2.05, 4.69) is 12.7 Å². The Kier molecular flexibility index (Phi) is 15.3. The first-order chi connectivity index (χ1) is 33.6. The molecule has 1 aliphatic heterocycles. The normalized spacial score (nSPS) is 21.8. The number of oxime groups is 1. The van der Waals surface area contributed by atoms with E-state index in [1.54, 1.807) is 41.3 Å². The second-order valence-corrected chi connectivity index (χ2v) is 17.6. The Hall–Kier alpha value is -7.14. The topological polar surface area (TPSA) is 206 Å². The zero-order chi connectivity index (χ0) is 48.5. The Morgan fingerprint density at radius 1 is 0.884 bits per heavy atom. The Morgan fingerprint density at radius 3 is 2.35 bits per heavy atom. The van der Waals surface area contributed by atoms with Crippen LogP contribution >= 0.6 is 0 Å². The SMILES string of the molecule is C=CCO[C@@]12Oc3ccc(Oc4cccc([N+](=O)[O-])c4)cc3[C@H]3[C@H](CCCCO)[C@@H](CCCCO)C=C(C(=NOCc4ccc([N+](=O)[O-])cc4)C[C@@H]1N(Cc1cccc4ccccc14)C(=O)OC)[C@H]32. The van der Waals surface area contributed by atoms with Crippen molar-refractivity contribution in [2.75, 3.05) is 26.9 Å². The number of carbonyl (C=O) groups excluding carboxylic acids is 1. The molecule has 16 heteroatoms. The van der Waals surface area contributed by atoms with Gasteiger partial charge in [0.25, 0.3) is 11.4 Å². The molecule has 0 unspecified atom stereocenters. The van der Waals surface area contributed by atoms with Gasteiger partial charge in [0.15, 0.2) is 0 Å². The number of aliphatic hydroxyl groups is 2. The lowest BCUT2D eigenvalue weighted by atomic mass is 9.55. The monoisotopic (exact) mass is 940 g/mol. The first-order valence-corrected chi connectivity index (χ1v) is 23.3. The van der Waals surface area contributed by atoms with Crippen LogP contribution < -0.4 is 9.47 Å². The fraction of sp³-hybridized carbons (Fsp3) is 0.358. The molecule has 0 saturated heterocycles. The minimum Gasteiger partial charge on any atom is -0.459 e. The summed E-state index contributed by atoms with van der Waals surface area (Å²) in [6, 6.07) is 30.4. The van der Waals surface area contributed by atoms with Crippen molar-refractivity contribution < 1.29 is 48.6 Å². The number of nitro groups is 2. The molecule has 0 aromatic heterocycles. The molecule has 2 aliphatic carbocycles. The highest BCUT2D eigenvalue weighted by molar-refractivity contribution is 6.03. The molecule has 1 heterocycles. The van der Waals surface area contributed by atoms with E-state index < -0.39 is 39.6 Å². The molecule has 5 aromatic rings. The molecule has 8 rings (SSSR count). The summed E-state index contributed by atoms with van der Waals surface area (Å²) in [4.78, 5) is 44.6. The lowest BCUT2D eigenvalue weighted by molar-refractivity contribution is -0.385. The van der Waals surface area contributed by atoms with Gasteiger partial charge in [0.1, 0.15) is 29.9 Å². The number of unbranched alkanes of at least 4 members (excludes halogenated alkanes) is 2. The van der Waals surface area contributed by atoms with Gasteiger partial charge in [-0.25, -0.2) is 4.79 Å². The molecular weight excluding hydrogens is 885 g/mol. The van der Waals surface area contributed by atoms with Crippen molar-refractivity contribution >= 4 is 34.0 Å². The number of hydrogen-bond acceptors (Lipinski definition) is 13. The molecule has 360 valence electrons. The van der Waals surface area contributed by atoms with E-state index in [-0.39, 0.29) is 68.4 Å². The Balaban J connectivity index is 1.34. The zero-order valence-electron chi connectivity index (χ0n) is 38.4. The molecule has 0 radical (unpaired) electrons. The minimum absolute atomic E-state index is 0.0102. The molecule has 0 spiro atoms. The van der Waals surface area contributed by atoms with E-state index in [4.69, 9.17) is 28.9 Å². The Morgan fingerprint density at radius 2 is 1.61 bits per heavy atom. The number of rotatable bonds is 21. The van der Waals surface area contributed by atoms with Gasteiger partial charge in [-0.1, -0.05) is 78.7 Å². The van der Waals surface area contributed by atoms with Gasteiger partial charge in [0, 0.05) is 49.3 Å². The molecule has 2 N–H and O–H groups in total. The number of benzene rings is 5. The maximum atomic E-state index is 14.6. The van der Waals surface area contributed by atoms with Gasteiger partial charge in [-0.2, -0.15) is 0 Å². The van der Waals surface area contributed by atoms with Crippen LogP contribution in [0.1, 0.15) is 67.6 Å². The minimum atomic E-state index is -1.60. The van der Waals surface area contributed by atoms with Crippen LogP contribution in [0, 0.1) is 38.0 Å². The Bertz CT molecular complexity index is 2720. The maximum absolute atomic E-state index is 14.6. The van der Waals surface area contributed by atoms with Gasteiger partial charge >= 0.3 is 6.09 Å². The molecule has 0 bridgehead atoms. The number of carbonyl (C=O) groups is 1. The van der Waals surface area contributed by atoms with Crippen LogP contribution in [0.15, 0.2) is 139 Å². The summed E-state index contributed by atoms with van der Waals surface area (Å²) >= 11 is 0. The van der Waals surface area contributed by atoms with Crippen LogP contribution in [0.3, 0.4) is 0 Å². The third kappa shape index (κ3) is 10.3. The van der Waals surface area contributed by atoms with Crippen molar-refractivity contribution in [1.82, 2.24) is 4.90 Å². The Labute approximate surface area is 399 Å². The second kappa shape index (κ2) is 21.9. The molecule has 69 heavy (non-hydrogen) atoms. The number of nitrogens with zero attached hydrogens (tertiary/aromatic N) is 4. The van der Waals surface area contributed by atoms with E-state index in [1.807, 2.05) is 54.6 Å². The number of aliphatic hydroxyl groups excluding tert-OH is 2. The van der Waals surface area contributed by atoms with Crippen molar-refractivity contribution in [3.05, 3.63) is 170 Å². The van der Waals surface area contributed by atoms with Crippen LogP contribution in [0.25, 0.3) is 10.8 Å². The molecule has 1 saturated carbocycles. The smallest absolute Gasteiger partial charge is 0.410 e. The zero-order valence-corrected chi connectivity index (χ0v) is 38.4. The average Bonchev–Trinajstić information content (AvgIpc) is 3.36. The first-order valence-electron chi connectivity index (χ1n) is 23.3. The fourth-order valence-electron chi connectivity index (χ4n) is 10.4. The fourth-order valence-corrected chi connectivity index (χ4v) is 10.4. The lowest BCUT2D eigenvalue weighted by Crippen LogP contribution is -2.70. The number of non-ortho nitro benzene ring substituents is 2. The highest BCUT2D eigenvalue weighted by Crippen LogP contribution is 2.62. The highest BCUT2D eigenvalue weighted by Gasteiger charge is 2.65. The average molecular weight is 941 g/mol. The van der Waals surface area contributed by atoms with Crippen molar-refractivity contribution in [2.24, 2.45) is 22.9 Å². The second-order valence-electron chi connectivity index (χ2n) is 17.6. The number of fused-ring (bicyclic) bond motifs is 3. The van der Waals surface area contributed by atoms with Crippen molar-refractivity contribution in [3.63, 3.8) is 0 Å². The largest absolute Gasteiger partial charge is 0.459 e. The summed E-state index contributed by atoms with van der Waals surface area (Å²) in [7, 11) is 1.34. The third-order valence-corrected chi connectivity index (χ3v) is 13.5. The van der Waals surface area contributed by atoms with Gasteiger partial charge in [-0.3, -0.25) is 25.1 Å². The van der Waals surface area contributed by atoms with E-state index in [0.29, 0.717) is 54.9 Å². The van der Waals surface area contributed by atoms with Crippen LogP contribution in [-0.4, -0.2) is 75.5 Å². The van der Waals surface area contributed by atoms with Gasteiger partial charge in [-0.05, 0) is 101 Å². The lowest BCUT2D eigenvalue weighted by Gasteiger charge is -2.59. The van der Waals surface area contributed by atoms with Gasteiger partial charge in [0.05, 0.1) is 47.8 Å². The summed E-state index contributed by atoms with van der Waals surface area (Å²) in [6.45, 7) is 4.19. The highest BCUT2D eigenvalue weighted by atomic mass is 16.7. The molecule has 3 aliphatic rings. The van der Waals surface area contributed by atoms with Crippen LogP contribution in [-0.2, 0) is 27.5 Å². The number of allylic oxidation sites excluding steroid dienone is 1. The molecule has 1 fully saturated rings. The summed E-state index contributed by atoms with van der Waals surface area (Å²) in [5.74, 6) is -1.65. The number of nitro benzene ring substituents is 2.